The Labute approximate surface area is 209 Å². The first-order valence-electron chi connectivity index (χ1n) is 12.5. The maximum atomic E-state index is 14.8. The number of urea groups is 1. The first-order valence-corrected chi connectivity index (χ1v) is 12.5. The Hall–Kier alpha value is -3.43. The van der Waals surface area contributed by atoms with E-state index >= 15 is 0 Å². The van der Waals surface area contributed by atoms with Crippen LogP contribution in [0.25, 0.3) is 0 Å². The molecule has 2 aliphatic carbocycles. The number of imide groups is 1. The van der Waals surface area contributed by atoms with Crippen LogP contribution in [-0.4, -0.2) is 66.1 Å². The highest BCUT2D eigenvalue weighted by Gasteiger charge is 2.58. The minimum absolute atomic E-state index is 0.00609. The third kappa shape index (κ3) is 3.92. The summed E-state index contributed by atoms with van der Waals surface area (Å²) in [6.07, 6.45) is 4.54. The van der Waals surface area contributed by atoms with Gasteiger partial charge in [0.05, 0.1) is 0 Å². The van der Waals surface area contributed by atoms with E-state index in [0.29, 0.717) is 37.1 Å². The fourth-order valence-corrected chi connectivity index (χ4v) is 6.28. The van der Waals surface area contributed by atoms with E-state index in [9.17, 15) is 23.6 Å². The molecule has 4 aliphatic rings. The van der Waals surface area contributed by atoms with Crippen LogP contribution in [0.2, 0.25) is 0 Å². The molecule has 10 heteroatoms. The van der Waals surface area contributed by atoms with E-state index in [1.54, 1.807) is 23.1 Å². The maximum Gasteiger partial charge on any atom is 0.418 e. The van der Waals surface area contributed by atoms with E-state index in [1.807, 2.05) is 19.1 Å². The number of halogens is 1. The largest absolute Gasteiger partial charge is 0.427 e. The van der Waals surface area contributed by atoms with Crippen molar-refractivity contribution in [2.24, 2.45) is 11.8 Å². The van der Waals surface area contributed by atoms with E-state index in [-0.39, 0.29) is 36.2 Å². The molecule has 0 radical (unpaired) electrons. The molecule has 0 saturated carbocycles. The molecule has 192 valence electrons. The van der Waals surface area contributed by atoms with Gasteiger partial charge in [-0.3, -0.25) is 9.59 Å². The van der Waals surface area contributed by atoms with Crippen molar-refractivity contribution in [3.05, 3.63) is 41.5 Å². The molecule has 1 aromatic rings. The van der Waals surface area contributed by atoms with Crippen LogP contribution in [0.3, 0.4) is 0 Å². The summed E-state index contributed by atoms with van der Waals surface area (Å²) in [4.78, 5) is 53.8. The number of allylic oxidation sites excluding steroid dienone is 2. The summed E-state index contributed by atoms with van der Waals surface area (Å²) in [6, 6.07) is 4.47. The highest BCUT2D eigenvalue weighted by atomic mass is 19.1. The average Bonchev–Trinajstić information content (AvgIpc) is 3.53. The minimum atomic E-state index is -1.46. The predicted molar refractivity (Wildman–Crippen MR) is 129 cm³/mol. The fourth-order valence-electron chi connectivity index (χ4n) is 6.28. The zero-order valence-electron chi connectivity index (χ0n) is 20.5. The molecule has 2 aliphatic heterocycles. The summed E-state index contributed by atoms with van der Waals surface area (Å²) >= 11 is 0. The molecule has 1 spiro atoms. The van der Waals surface area contributed by atoms with Gasteiger partial charge in [-0.15, -0.1) is 0 Å². The van der Waals surface area contributed by atoms with Gasteiger partial charge in [0.2, 0.25) is 11.5 Å². The molecule has 2 saturated heterocycles. The highest BCUT2D eigenvalue weighted by molar-refractivity contribution is 6.06. The van der Waals surface area contributed by atoms with Gasteiger partial charge in [0.25, 0.3) is 5.91 Å². The number of nitrogens with one attached hydrogen (secondary N) is 2. The number of hydrogen-bond donors (Lipinski definition) is 2. The van der Waals surface area contributed by atoms with E-state index in [1.165, 1.54) is 7.05 Å². The Bertz CT molecular complexity index is 1140. The first-order chi connectivity index (χ1) is 17.2. The van der Waals surface area contributed by atoms with Gasteiger partial charge in [-0.1, -0.05) is 25.1 Å². The van der Waals surface area contributed by atoms with Gasteiger partial charge in [-0.05, 0) is 49.3 Å². The highest BCUT2D eigenvalue weighted by Crippen LogP contribution is 2.46. The summed E-state index contributed by atoms with van der Waals surface area (Å²) in [5.74, 6) is -1.21. The molecule has 1 aromatic carbocycles. The summed E-state index contributed by atoms with van der Waals surface area (Å²) < 4.78 is 20.5. The van der Waals surface area contributed by atoms with Gasteiger partial charge in [-0.25, -0.2) is 18.9 Å². The van der Waals surface area contributed by atoms with Gasteiger partial charge in [0.1, 0.15) is 12.7 Å². The van der Waals surface area contributed by atoms with Crippen LogP contribution in [-0.2, 0) is 26.3 Å². The van der Waals surface area contributed by atoms with Crippen molar-refractivity contribution >= 4 is 29.6 Å². The SMILES string of the molecule is CNC(=O)Nc1ccc2c(c1)CC[C@@]21OC(=O)N(CC(=O)N2CCCC2C2C(C)C=CCC2F)C1=O. The molecule has 5 atom stereocenters. The van der Waals surface area contributed by atoms with E-state index in [4.69, 9.17) is 4.74 Å². The number of carbonyl (C=O) groups is 4. The zero-order valence-corrected chi connectivity index (χ0v) is 20.5. The Balaban J connectivity index is 1.32. The van der Waals surface area contributed by atoms with Crippen LogP contribution >= 0.6 is 0 Å². The number of alkyl halides is 1. The van der Waals surface area contributed by atoms with Crippen molar-refractivity contribution in [1.29, 1.82) is 0 Å². The number of anilines is 1. The number of benzene rings is 1. The maximum absolute atomic E-state index is 14.8. The number of nitrogens with zero attached hydrogens (tertiary/aromatic N) is 2. The van der Waals surface area contributed by atoms with Crippen molar-refractivity contribution in [3.63, 3.8) is 0 Å². The number of aryl methyl sites for hydroxylation is 1. The molecule has 9 nitrogen and oxygen atoms in total. The monoisotopic (exact) mass is 498 g/mol. The number of rotatable bonds is 4. The second-order valence-corrected chi connectivity index (χ2v) is 10.1. The molecule has 5 rings (SSSR count). The topological polar surface area (TPSA) is 108 Å². The smallest absolute Gasteiger partial charge is 0.418 e. The second-order valence-electron chi connectivity index (χ2n) is 10.1. The Kier molecular flexibility index (Phi) is 6.22. The lowest BCUT2D eigenvalue weighted by atomic mass is 9.78. The zero-order chi connectivity index (χ0) is 25.6. The van der Waals surface area contributed by atoms with E-state index in [2.05, 4.69) is 10.6 Å². The van der Waals surface area contributed by atoms with Crippen molar-refractivity contribution in [3.8, 4) is 0 Å². The van der Waals surface area contributed by atoms with Crippen LogP contribution in [0.4, 0.5) is 19.7 Å². The van der Waals surface area contributed by atoms with Crippen molar-refractivity contribution in [2.75, 3.05) is 25.5 Å². The summed E-state index contributed by atoms with van der Waals surface area (Å²) in [7, 11) is 1.51. The average molecular weight is 499 g/mol. The predicted octanol–water partition coefficient (Wildman–Crippen LogP) is 3.10. The standard InChI is InChI=1S/C26H31FN4O5/c1-15-5-3-6-19(27)22(15)20-7-4-12-30(20)21(32)14-31-23(33)26(36-25(31)35)11-10-16-13-17(8-9-18(16)26)29-24(34)28-2/h3,5,8-9,13,15,19-20,22H,4,6-7,10-12,14H2,1-2H3,(H2,28,29,34)/t15?,19?,20?,22?,26-/m1/s1. The number of carbonyl (C=O) groups excluding carboxylic acids is 4. The molecule has 36 heavy (non-hydrogen) atoms. The normalized spacial score (nSPS) is 31.1. The quantitative estimate of drug-likeness (QED) is 0.621. The van der Waals surface area contributed by atoms with Crippen LogP contribution < -0.4 is 10.6 Å². The van der Waals surface area contributed by atoms with Crippen molar-refractivity contribution in [1.82, 2.24) is 15.1 Å². The number of fused-ring (bicyclic) bond motifs is 2. The molecular weight excluding hydrogens is 467 g/mol. The third-order valence-corrected chi connectivity index (χ3v) is 8.03. The third-order valence-electron chi connectivity index (χ3n) is 8.03. The number of likely N-dealkylation sites (tertiary alicyclic amines) is 1. The van der Waals surface area contributed by atoms with Crippen LogP contribution in [0.1, 0.15) is 43.7 Å². The minimum Gasteiger partial charge on any atom is -0.427 e. The lowest BCUT2D eigenvalue weighted by Gasteiger charge is -2.38. The van der Waals surface area contributed by atoms with Crippen molar-refractivity contribution in [2.45, 2.75) is 56.8 Å². The number of amides is 5. The second kappa shape index (κ2) is 9.22. The van der Waals surface area contributed by atoms with Crippen molar-refractivity contribution < 1.29 is 28.3 Å². The van der Waals surface area contributed by atoms with Gasteiger partial charge in [0, 0.05) is 43.2 Å². The molecule has 0 aromatic heterocycles. The van der Waals surface area contributed by atoms with Gasteiger partial charge in [-0.2, -0.15) is 0 Å². The van der Waals surface area contributed by atoms with E-state index < -0.39 is 30.3 Å². The van der Waals surface area contributed by atoms with Gasteiger partial charge >= 0.3 is 12.1 Å². The van der Waals surface area contributed by atoms with Crippen LogP contribution in [0, 0.1) is 11.8 Å². The summed E-state index contributed by atoms with van der Waals surface area (Å²) in [5.41, 5.74) is 0.466. The summed E-state index contributed by atoms with van der Waals surface area (Å²) in [5, 5.41) is 5.17. The molecule has 2 heterocycles. The van der Waals surface area contributed by atoms with E-state index in [0.717, 1.165) is 16.9 Å². The molecule has 5 amide bonds. The first kappa shape index (κ1) is 24.3. The lowest BCUT2D eigenvalue weighted by molar-refractivity contribution is -0.143. The fraction of sp³-hybridized carbons (Fsp3) is 0.538. The Morgan fingerprint density at radius 3 is 2.83 bits per heavy atom. The Morgan fingerprint density at radius 1 is 1.28 bits per heavy atom. The molecule has 2 fully saturated rings. The van der Waals surface area contributed by atoms with Gasteiger partial charge in [0.15, 0.2) is 0 Å². The Morgan fingerprint density at radius 2 is 2.08 bits per heavy atom. The number of hydrogen-bond acceptors (Lipinski definition) is 5. The van der Waals surface area contributed by atoms with Gasteiger partial charge < -0.3 is 20.3 Å². The molecule has 2 N–H and O–H groups in total. The molecule has 0 bridgehead atoms. The van der Waals surface area contributed by atoms with Crippen LogP contribution in [0.15, 0.2) is 30.4 Å². The summed E-state index contributed by atoms with van der Waals surface area (Å²) in [6.45, 7) is 2.02. The molecule has 4 unspecified atom stereocenters. The lowest BCUT2D eigenvalue weighted by Crippen LogP contribution is -2.50. The number of ether oxygens (including phenoxy) is 1. The van der Waals surface area contributed by atoms with Crippen LogP contribution in [0.5, 0.6) is 0 Å². The molecular formula is C26H31FN4O5.